The quantitative estimate of drug-likeness (QED) is 0.794. The van der Waals surface area contributed by atoms with Gasteiger partial charge in [0.2, 0.25) is 15.9 Å². The van der Waals surface area contributed by atoms with Crippen molar-refractivity contribution in [3.05, 3.63) is 23.3 Å². The van der Waals surface area contributed by atoms with E-state index in [0.717, 1.165) is 4.31 Å². The molecule has 1 aromatic carbocycles. The summed E-state index contributed by atoms with van der Waals surface area (Å²) in [5, 5.41) is 2.66. The lowest BCUT2D eigenvalue weighted by Crippen LogP contribution is -2.41. The summed E-state index contributed by atoms with van der Waals surface area (Å²) in [6.45, 7) is 6.82. The first-order valence-electron chi connectivity index (χ1n) is 6.68. The second kappa shape index (κ2) is 6.44. The average Bonchev–Trinajstić information content (AvgIpc) is 2.32. The molecule has 0 saturated carbocycles. The highest BCUT2D eigenvalue weighted by Gasteiger charge is 2.27. The fraction of sp³-hybridized carbons (Fsp3) is 0.500. The Morgan fingerprint density at radius 2 is 1.81 bits per heavy atom. The Kier molecular flexibility index (Phi) is 5.36. The molecule has 0 aromatic heterocycles. The number of hydrogen-bond acceptors (Lipinski definition) is 4. The van der Waals surface area contributed by atoms with Gasteiger partial charge in [-0.3, -0.25) is 4.79 Å². The van der Waals surface area contributed by atoms with Crippen LogP contribution in [0.3, 0.4) is 0 Å². The number of anilines is 1. The second-order valence-corrected chi connectivity index (χ2v) is 7.41. The maximum Gasteiger partial charge on any atom is 0.245 e. The summed E-state index contributed by atoms with van der Waals surface area (Å²) in [7, 11) is -2.43. The number of nitrogen functional groups attached to an aromatic ring is 1. The molecule has 0 aliphatic heterocycles. The van der Waals surface area contributed by atoms with E-state index in [1.807, 2.05) is 13.8 Å². The lowest BCUT2D eigenvalue weighted by Gasteiger charge is -2.20. The number of benzene rings is 1. The summed E-state index contributed by atoms with van der Waals surface area (Å²) in [4.78, 5) is 11.8. The molecule has 0 bridgehead atoms. The highest BCUT2D eigenvalue weighted by atomic mass is 32.2. The number of amides is 1. The molecule has 0 spiro atoms. The molecular weight excluding hydrogens is 290 g/mol. The normalized spacial score (nSPS) is 12.0. The number of aryl methyl sites for hydroxylation is 2. The van der Waals surface area contributed by atoms with Crippen LogP contribution in [0.4, 0.5) is 5.69 Å². The number of likely N-dealkylation sites (N-methyl/N-ethyl adjacent to an activating group) is 1. The van der Waals surface area contributed by atoms with Crippen LogP contribution in [0.15, 0.2) is 17.0 Å². The number of carbonyl (C=O) groups excluding carboxylic acids is 1. The van der Waals surface area contributed by atoms with E-state index in [4.69, 9.17) is 5.73 Å². The fourth-order valence-corrected chi connectivity index (χ4v) is 3.47. The van der Waals surface area contributed by atoms with Gasteiger partial charge in [0.1, 0.15) is 4.90 Å². The van der Waals surface area contributed by atoms with Crippen molar-refractivity contribution in [1.29, 1.82) is 0 Å². The molecule has 0 atom stereocenters. The summed E-state index contributed by atoms with van der Waals surface area (Å²) in [6, 6.07) is 3.44. The number of nitrogens with one attached hydrogen (secondary N) is 1. The lowest BCUT2D eigenvalue weighted by molar-refractivity contribution is -0.121. The van der Waals surface area contributed by atoms with Crippen LogP contribution in [0.1, 0.15) is 25.0 Å². The van der Waals surface area contributed by atoms with E-state index in [1.54, 1.807) is 26.0 Å². The minimum absolute atomic E-state index is 0.0422. The number of carbonyl (C=O) groups is 1. The Labute approximate surface area is 126 Å². The molecule has 0 aliphatic carbocycles. The van der Waals surface area contributed by atoms with Crippen molar-refractivity contribution >= 4 is 21.6 Å². The first-order valence-corrected chi connectivity index (χ1v) is 8.12. The largest absolute Gasteiger partial charge is 0.397 e. The van der Waals surface area contributed by atoms with E-state index >= 15 is 0 Å². The zero-order valence-electron chi connectivity index (χ0n) is 13.1. The molecule has 1 amide bonds. The SMILES string of the molecule is Cc1ccc(C)c(S(=O)(=O)N(C)CC(=O)NC(C)C)c1N. The van der Waals surface area contributed by atoms with Gasteiger partial charge in [0.25, 0.3) is 0 Å². The lowest BCUT2D eigenvalue weighted by atomic mass is 10.1. The zero-order chi connectivity index (χ0) is 16.4. The van der Waals surface area contributed by atoms with Gasteiger partial charge in [-0.05, 0) is 38.8 Å². The van der Waals surface area contributed by atoms with Crippen molar-refractivity contribution in [1.82, 2.24) is 9.62 Å². The minimum atomic E-state index is -3.81. The van der Waals surface area contributed by atoms with Crippen molar-refractivity contribution in [3.63, 3.8) is 0 Å². The highest BCUT2D eigenvalue weighted by molar-refractivity contribution is 7.89. The van der Waals surface area contributed by atoms with E-state index in [9.17, 15) is 13.2 Å². The van der Waals surface area contributed by atoms with E-state index in [0.29, 0.717) is 11.1 Å². The van der Waals surface area contributed by atoms with Crippen molar-refractivity contribution in [2.24, 2.45) is 0 Å². The number of nitrogens with two attached hydrogens (primary N) is 1. The molecule has 21 heavy (non-hydrogen) atoms. The molecule has 0 radical (unpaired) electrons. The Morgan fingerprint density at radius 3 is 2.33 bits per heavy atom. The van der Waals surface area contributed by atoms with Gasteiger partial charge in [0, 0.05) is 13.1 Å². The molecule has 1 rings (SSSR count). The van der Waals surface area contributed by atoms with Crippen LogP contribution in [-0.2, 0) is 14.8 Å². The monoisotopic (exact) mass is 313 g/mol. The van der Waals surface area contributed by atoms with Crippen LogP contribution >= 0.6 is 0 Å². The van der Waals surface area contributed by atoms with E-state index < -0.39 is 10.0 Å². The summed E-state index contributed by atoms with van der Waals surface area (Å²) in [6.07, 6.45) is 0. The number of sulfonamides is 1. The molecule has 7 heteroatoms. The average molecular weight is 313 g/mol. The molecule has 0 fully saturated rings. The maximum atomic E-state index is 12.6. The molecule has 6 nitrogen and oxygen atoms in total. The first kappa shape index (κ1) is 17.5. The standard InChI is InChI=1S/C14H23N3O3S/c1-9(2)16-12(18)8-17(5)21(19,20)14-11(4)7-6-10(3)13(14)15/h6-7,9H,8,15H2,1-5H3,(H,16,18). The van der Waals surface area contributed by atoms with Crippen molar-refractivity contribution in [3.8, 4) is 0 Å². The van der Waals surface area contributed by atoms with Gasteiger partial charge < -0.3 is 11.1 Å². The smallest absolute Gasteiger partial charge is 0.245 e. The van der Waals surface area contributed by atoms with E-state index in [1.165, 1.54) is 7.05 Å². The van der Waals surface area contributed by atoms with Gasteiger partial charge in [0.05, 0.1) is 12.2 Å². The number of rotatable bonds is 5. The first-order chi connectivity index (χ1) is 9.57. The van der Waals surface area contributed by atoms with Gasteiger partial charge in [-0.25, -0.2) is 8.42 Å². The molecule has 0 heterocycles. The van der Waals surface area contributed by atoms with E-state index in [2.05, 4.69) is 5.32 Å². The van der Waals surface area contributed by atoms with E-state index in [-0.39, 0.29) is 29.1 Å². The predicted molar refractivity (Wildman–Crippen MR) is 83.4 cm³/mol. The van der Waals surface area contributed by atoms with Crippen molar-refractivity contribution < 1.29 is 13.2 Å². The fourth-order valence-electron chi connectivity index (χ4n) is 1.96. The second-order valence-electron chi connectivity index (χ2n) is 5.43. The van der Waals surface area contributed by atoms with Gasteiger partial charge in [-0.15, -0.1) is 0 Å². The third-order valence-corrected chi connectivity index (χ3v) is 5.10. The molecule has 0 aliphatic rings. The maximum absolute atomic E-state index is 12.6. The zero-order valence-corrected chi connectivity index (χ0v) is 13.9. The minimum Gasteiger partial charge on any atom is -0.397 e. The van der Waals surface area contributed by atoms with Crippen molar-refractivity contribution in [2.45, 2.75) is 38.6 Å². The topological polar surface area (TPSA) is 92.5 Å². The third-order valence-electron chi connectivity index (χ3n) is 3.10. The van der Waals surface area contributed by atoms with Crippen molar-refractivity contribution in [2.75, 3.05) is 19.3 Å². The Bertz CT molecular complexity index is 639. The summed E-state index contributed by atoms with van der Waals surface area (Å²) < 4.78 is 26.2. The predicted octanol–water partition coefficient (Wildman–Crippen LogP) is 1.03. The molecule has 118 valence electrons. The Hall–Kier alpha value is -1.60. The molecule has 0 saturated heterocycles. The van der Waals surface area contributed by atoms with Gasteiger partial charge in [0.15, 0.2) is 0 Å². The van der Waals surface area contributed by atoms with Crippen LogP contribution in [0, 0.1) is 13.8 Å². The Balaban J connectivity index is 3.12. The van der Waals surface area contributed by atoms with Gasteiger partial charge >= 0.3 is 0 Å². The Morgan fingerprint density at radius 1 is 1.29 bits per heavy atom. The van der Waals surface area contributed by atoms with Crippen LogP contribution in [0.25, 0.3) is 0 Å². The van der Waals surface area contributed by atoms with Gasteiger partial charge in [-0.1, -0.05) is 12.1 Å². The summed E-state index contributed by atoms with van der Waals surface area (Å²) in [5.74, 6) is -0.347. The highest BCUT2D eigenvalue weighted by Crippen LogP contribution is 2.28. The molecule has 0 unspecified atom stereocenters. The molecule has 1 aromatic rings. The van der Waals surface area contributed by atoms with Crippen LogP contribution < -0.4 is 11.1 Å². The van der Waals surface area contributed by atoms with Crippen LogP contribution in [-0.4, -0.2) is 38.3 Å². The van der Waals surface area contributed by atoms with Gasteiger partial charge in [-0.2, -0.15) is 4.31 Å². The van der Waals surface area contributed by atoms with Crippen LogP contribution in [0.5, 0.6) is 0 Å². The summed E-state index contributed by atoms with van der Waals surface area (Å²) >= 11 is 0. The van der Waals surface area contributed by atoms with Crippen LogP contribution in [0.2, 0.25) is 0 Å². The number of nitrogens with zero attached hydrogens (tertiary/aromatic N) is 1. The molecule has 3 N–H and O–H groups in total. The number of hydrogen-bond donors (Lipinski definition) is 2. The molecular formula is C14H23N3O3S. The third kappa shape index (κ3) is 3.95. The summed E-state index contributed by atoms with van der Waals surface area (Å²) in [5.41, 5.74) is 7.40.